The number of rotatable bonds is 4. The Morgan fingerprint density at radius 2 is 2.53 bits per heavy atom. The summed E-state index contributed by atoms with van der Waals surface area (Å²) < 4.78 is 11.0. The maximum absolute atomic E-state index is 5.57. The molecule has 2 unspecified atom stereocenters. The van der Waals surface area contributed by atoms with Gasteiger partial charge in [0.25, 0.3) is 0 Å². The molecule has 0 saturated carbocycles. The standard InChI is InChI=1S/C12H22N2O2S/c1-3-10-4-7-17-11(14-10)13-8-12(15-2)5-6-16-9-12/h10H,3-9H2,1-2H3,(H,13,14). The van der Waals surface area contributed by atoms with Crippen LogP contribution in [0, 0.1) is 0 Å². The molecule has 2 saturated heterocycles. The summed E-state index contributed by atoms with van der Waals surface area (Å²) in [6, 6.07) is 0.591. The van der Waals surface area contributed by atoms with Crippen molar-refractivity contribution in [3.05, 3.63) is 0 Å². The minimum Gasteiger partial charge on any atom is -0.378 e. The lowest BCUT2D eigenvalue weighted by atomic mass is 10.0. The quantitative estimate of drug-likeness (QED) is 0.832. The maximum atomic E-state index is 5.57. The summed E-state index contributed by atoms with van der Waals surface area (Å²) >= 11 is 1.82. The molecule has 0 radical (unpaired) electrons. The lowest BCUT2D eigenvalue weighted by molar-refractivity contribution is -0.00899. The van der Waals surface area contributed by atoms with Crippen LogP contribution >= 0.6 is 11.8 Å². The highest BCUT2D eigenvalue weighted by Crippen LogP contribution is 2.24. The molecule has 2 aliphatic rings. The monoisotopic (exact) mass is 258 g/mol. The molecule has 0 aromatic carbocycles. The van der Waals surface area contributed by atoms with Gasteiger partial charge in [-0.2, -0.15) is 0 Å². The van der Waals surface area contributed by atoms with Crippen LogP contribution in [0.3, 0.4) is 0 Å². The number of amidine groups is 1. The number of aliphatic imine (C=N–C) groups is 1. The molecule has 0 aromatic heterocycles. The molecule has 0 aliphatic carbocycles. The molecule has 98 valence electrons. The second-order valence-corrected chi connectivity index (χ2v) is 5.78. The van der Waals surface area contributed by atoms with E-state index in [1.54, 1.807) is 7.11 Å². The Labute approximate surface area is 108 Å². The van der Waals surface area contributed by atoms with Gasteiger partial charge in [-0.3, -0.25) is 4.99 Å². The van der Waals surface area contributed by atoms with Crippen molar-refractivity contribution in [3.8, 4) is 0 Å². The third-order valence-electron chi connectivity index (χ3n) is 3.54. The predicted octanol–water partition coefficient (Wildman–Crippen LogP) is 1.65. The second kappa shape index (κ2) is 6.07. The van der Waals surface area contributed by atoms with Crippen LogP contribution in [-0.4, -0.2) is 49.4 Å². The fourth-order valence-electron chi connectivity index (χ4n) is 2.14. The van der Waals surface area contributed by atoms with Crippen molar-refractivity contribution < 1.29 is 9.47 Å². The van der Waals surface area contributed by atoms with Crippen molar-refractivity contribution in [1.82, 2.24) is 5.32 Å². The van der Waals surface area contributed by atoms with Gasteiger partial charge < -0.3 is 14.8 Å². The Kier molecular flexibility index (Phi) is 4.70. The van der Waals surface area contributed by atoms with E-state index in [1.807, 2.05) is 11.8 Å². The van der Waals surface area contributed by atoms with Crippen LogP contribution in [0.5, 0.6) is 0 Å². The average molecular weight is 258 g/mol. The summed E-state index contributed by atoms with van der Waals surface area (Å²) in [6.45, 7) is 4.38. The van der Waals surface area contributed by atoms with Crippen LogP contribution < -0.4 is 5.32 Å². The Balaban J connectivity index is 1.90. The van der Waals surface area contributed by atoms with Gasteiger partial charge in [0, 0.05) is 31.9 Å². The smallest absolute Gasteiger partial charge is 0.156 e. The fourth-order valence-corrected chi connectivity index (χ4v) is 3.14. The second-order valence-electron chi connectivity index (χ2n) is 4.70. The zero-order valence-electron chi connectivity index (χ0n) is 10.7. The van der Waals surface area contributed by atoms with E-state index in [9.17, 15) is 0 Å². The Hall–Kier alpha value is -0.260. The van der Waals surface area contributed by atoms with Crippen molar-refractivity contribution in [2.75, 3.05) is 32.6 Å². The summed E-state index contributed by atoms with van der Waals surface area (Å²) in [5.41, 5.74) is -0.186. The number of hydrogen-bond donors (Lipinski definition) is 1. The van der Waals surface area contributed by atoms with E-state index in [1.165, 1.54) is 12.2 Å². The summed E-state index contributed by atoms with van der Waals surface area (Å²) in [5.74, 6) is 1.17. The molecular weight excluding hydrogens is 236 g/mol. The van der Waals surface area contributed by atoms with E-state index >= 15 is 0 Å². The molecule has 2 heterocycles. The minimum atomic E-state index is -0.186. The number of ether oxygens (including phenoxy) is 2. The Morgan fingerprint density at radius 3 is 3.18 bits per heavy atom. The van der Waals surface area contributed by atoms with Crippen molar-refractivity contribution in [2.24, 2.45) is 4.99 Å². The van der Waals surface area contributed by atoms with Gasteiger partial charge in [0.2, 0.25) is 0 Å². The molecule has 17 heavy (non-hydrogen) atoms. The lowest BCUT2D eigenvalue weighted by Gasteiger charge is -2.27. The molecule has 2 aliphatic heterocycles. The molecule has 0 aromatic rings. The third kappa shape index (κ3) is 3.36. The van der Waals surface area contributed by atoms with E-state index in [4.69, 9.17) is 9.47 Å². The molecular formula is C12H22N2O2S. The highest BCUT2D eigenvalue weighted by Gasteiger charge is 2.35. The van der Waals surface area contributed by atoms with E-state index in [0.29, 0.717) is 19.2 Å². The van der Waals surface area contributed by atoms with Crippen LogP contribution in [0.1, 0.15) is 26.2 Å². The van der Waals surface area contributed by atoms with Crippen LogP contribution in [0.25, 0.3) is 0 Å². The Morgan fingerprint density at radius 1 is 1.65 bits per heavy atom. The van der Waals surface area contributed by atoms with Crippen LogP contribution in [0.15, 0.2) is 4.99 Å². The molecule has 1 N–H and O–H groups in total. The van der Waals surface area contributed by atoms with E-state index in [-0.39, 0.29) is 5.60 Å². The molecule has 0 spiro atoms. The first kappa shape index (κ1) is 13.2. The lowest BCUT2D eigenvalue weighted by Crippen LogP contribution is -2.40. The SMILES string of the molecule is CCC1CCSC(=NCC2(OC)CCOC2)N1. The van der Waals surface area contributed by atoms with Crippen molar-refractivity contribution >= 4 is 16.9 Å². The summed E-state index contributed by atoms with van der Waals surface area (Å²) in [4.78, 5) is 4.67. The molecule has 4 nitrogen and oxygen atoms in total. The maximum Gasteiger partial charge on any atom is 0.156 e. The van der Waals surface area contributed by atoms with Gasteiger partial charge >= 0.3 is 0 Å². The van der Waals surface area contributed by atoms with E-state index in [2.05, 4.69) is 17.2 Å². The number of nitrogens with one attached hydrogen (secondary N) is 1. The van der Waals surface area contributed by atoms with Gasteiger partial charge in [-0.25, -0.2) is 0 Å². The molecule has 2 rings (SSSR count). The van der Waals surface area contributed by atoms with Crippen molar-refractivity contribution in [1.29, 1.82) is 0 Å². The van der Waals surface area contributed by atoms with Crippen LogP contribution in [0.2, 0.25) is 0 Å². The topological polar surface area (TPSA) is 42.9 Å². The first-order valence-corrected chi connectivity index (χ1v) is 7.33. The first-order chi connectivity index (χ1) is 8.28. The van der Waals surface area contributed by atoms with Crippen LogP contribution in [0.4, 0.5) is 0 Å². The highest BCUT2D eigenvalue weighted by molar-refractivity contribution is 8.13. The van der Waals surface area contributed by atoms with Gasteiger partial charge in [0.05, 0.1) is 13.2 Å². The summed E-state index contributed by atoms with van der Waals surface area (Å²) in [7, 11) is 1.76. The van der Waals surface area contributed by atoms with Gasteiger partial charge in [-0.15, -0.1) is 0 Å². The molecule has 0 bridgehead atoms. The van der Waals surface area contributed by atoms with Gasteiger partial charge in [0.1, 0.15) is 5.60 Å². The van der Waals surface area contributed by atoms with Crippen molar-refractivity contribution in [3.63, 3.8) is 0 Å². The van der Waals surface area contributed by atoms with Crippen molar-refractivity contribution in [2.45, 2.75) is 37.8 Å². The number of methoxy groups -OCH3 is 1. The molecule has 2 atom stereocenters. The first-order valence-electron chi connectivity index (χ1n) is 6.35. The van der Waals surface area contributed by atoms with Crippen LogP contribution in [-0.2, 0) is 9.47 Å². The zero-order valence-corrected chi connectivity index (χ0v) is 11.5. The largest absolute Gasteiger partial charge is 0.378 e. The summed E-state index contributed by atoms with van der Waals surface area (Å²) in [6.07, 6.45) is 3.35. The van der Waals surface area contributed by atoms with Gasteiger partial charge in [-0.1, -0.05) is 18.7 Å². The van der Waals surface area contributed by atoms with Gasteiger partial charge in [0.15, 0.2) is 5.17 Å². The average Bonchev–Trinajstić information content (AvgIpc) is 2.86. The third-order valence-corrected chi connectivity index (χ3v) is 4.50. The normalized spacial score (nSPS) is 36.1. The molecule has 0 amide bonds. The minimum absolute atomic E-state index is 0.186. The van der Waals surface area contributed by atoms with Gasteiger partial charge in [-0.05, 0) is 12.8 Å². The number of hydrogen-bond acceptors (Lipinski definition) is 4. The number of thioether (sulfide) groups is 1. The fraction of sp³-hybridized carbons (Fsp3) is 0.917. The summed E-state index contributed by atoms with van der Waals surface area (Å²) in [5, 5.41) is 4.56. The number of nitrogens with zero attached hydrogens (tertiary/aromatic N) is 1. The molecule has 5 heteroatoms. The predicted molar refractivity (Wildman–Crippen MR) is 71.8 cm³/mol. The highest BCUT2D eigenvalue weighted by atomic mass is 32.2. The zero-order chi connectivity index (χ0) is 12.1. The molecule has 2 fully saturated rings. The van der Waals surface area contributed by atoms with E-state index in [0.717, 1.165) is 24.6 Å². The Bertz CT molecular complexity index is 278. The van der Waals surface area contributed by atoms with E-state index < -0.39 is 0 Å².